The molecule has 6 heteroatoms. The normalized spacial score (nSPS) is 10.7. The third kappa shape index (κ3) is 4.39. The van der Waals surface area contributed by atoms with Crippen LogP contribution in [0.3, 0.4) is 0 Å². The molecule has 0 aliphatic rings. The second-order valence-electron chi connectivity index (χ2n) is 6.49. The molecule has 0 aliphatic carbocycles. The zero-order valence-electron chi connectivity index (χ0n) is 16.5. The molecule has 0 bridgehead atoms. The molecule has 0 unspecified atom stereocenters. The van der Waals surface area contributed by atoms with Crippen molar-refractivity contribution in [2.24, 2.45) is 0 Å². The predicted molar refractivity (Wildman–Crippen MR) is 109 cm³/mol. The van der Waals surface area contributed by atoms with Gasteiger partial charge in [-0.15, -0.1) is 0 Å². The van der Waals surface area contributed by atoms with Crippen LogP contribution in [0, 0.1) is 0 Å². The molecule has 3 aromatic rings. The van der Waals surface area contributed by atoms with Gasteiger partial charge < -0.3 is 24.5 Å². The summed E-state index contributed by atoms with van der Waals surface area (Å²) in [6, 6.07) is 11.9. The van der Waals surface area contributed by atoms with Gasteiger partial charge in [0.1, 0.15) is 0 Å². The fourth-order valence-corrected chi connectivity index (χ4v) is 3.30. The van der Waals surface area contributed by atoms with Crippen LogP contribution in [0.25, 0.3) is 10.9 Å². The molecule has 0 spiro atoms. The van der Waals surface area contributed by atoms with Crippen molar-refractivity contribution in [2.45, 2.75) is 19.3 Å². The van der Waals surface area contributed by atoms with Gasteiger partial charge in [-0.3, -0.25) is 4.79 Å². The maximum atomic E-state index is 12.2. The first-order valence-corrected chi connectivity index (χ1v) is 9.26. The molecule has 0 fully saturated rings. The van der Waals surface area contributed by atoms with Crippen molar-refractivity contribution in [3.63, 3.8) is 0 Å². The number of hydrogen-bond donors (Lipinski definition) is 2. The molecule has 2 aromatic carbocycles. The molecule has 6 nitrogen and oxygen atoms in total. The van der Waals surface area contributed by atoms with E-state index in [-0.39, 0.29) is 5.91 Å². The summed E-state index contributed by atoms with van der Waals surface area (Å²) in [5, 5.41) is 4.20. The Morgan fingerprint density at radius 2 is 1.71 bits per heavy atom. The minimum absolute atomic E-state index is 0.0218. The monoisotopic (exact) mass is 382 g/mol. The Balaban J connectivity index is 1.53. The van der Waals surface area contributed by atoms with Gasteiger partial charge in [-0.1, -0.05) is 18.2 Å². The van der Waals surface area contributed by atoms with Crippen LogP contribution in [0.15, 0.2) is 42.6 Å². The Hall–Kier alpha value is -3.15. The Labute approximate surface area is 164 Å². The van der Waals surface area contributed by atoms with Gasteiger partial charge >= 0.3 is 0 Å². The van der Waals surface area contributed by atoms with E-state index in [0.717, 1.165) is 17.5 Å². The SMILES string of the molecule is COc1cc(CCC(=O)NCCc2c[nH]c3ccccc23)cc(OC)c1OC. The van der Waals surface area contributed by atoms with Crippen molar-refractivity contribution in [1.82, 2.24) is 10.3 Å². The van der Waals surface area contributed by atoms with E-state index in [4.69, 9.17) is 14.2 Å². The molecule has 1 amide bonds. The second-order valence-corrected chi connectivity index (χ2v) is 6.49. The number of H-pyrrole nitrogens is 1. The Kier molecular flexibility index (Phi) is 6.42. The summed E-state index contributed by atoms with van der Waals surface area (Å²) in [5.74, 6) is 1.76. The first-order chi connectivity index (χ1) is 13.7. The molecule has 1 heterocycles. The first-order valence-electron chi connectivity index (χ1n) is 9.26. The molecule has 1 aromatic heterocycles. The summed E-state index contributed by atoms with van der Waals surface area (Å²) >= 11 is 0. The number of amides is 1. The number of ether oxygens (including phenoxy) is 3. The van der Waals surface area contributed by atoms with Crippen molar-refractivity contribution in [3.05, 3.63) is 53.7 Å². The highest BCUT2D eigenvalue weighted by Crippen LogP contribution is 2.38. The number of rotatable bonds is 9. The quantitative estimate of drug-likeness (QED) is 0.594. The van der Waals surface area contributed by atoms with Gasteiger partial charge in [0, 0.05) is 30.1 Å². The third-order valence-corrected chi connectivity index (χ3v) is 4.76. The standard InChI is InChI=1S/C22H26N2O4/c1-26-19-12-15(13-20(27-2)22(19)28-3)8-9-21(25)23-11-10-16-14-24-18-7-5-4-6-17(16)18/h4-7,12-14,24H,8-11H2,1-3H3,(H,23,25). The maximum absolute atomic E-state index is 12.2. The zero-order valence-corrected chi connectivity index (χ0v) is 16.5. The van der Waals surface area contributed by atoms with Crippen LogP contribution < -0.4 is 19.5 Å². The summed E-state index contributed by atoms with van der Waals surface area (Å²) in [6.45, 7) is 0.607. The van der Waals surface area contributed by atoms with Gasteiger partial charge in [-0.05, 0) is 42.2 Å². The number of benzene rings is 2. The van der Waals surface area contributed by atoms with E-state index in [1.165, 1.54) is 10.9 Å². The Morgan fingerprint density at radius 3 is 2.39 bits per heavy atom. The van der Waals surface area contributed by atoms with Crippen molar-refractivity contribution >= 4 is 16.8 Å². The molecular formula is C22H26N2O4. The first kappa shape index (κ1) is 19.6. The van der Waals surface area contributed by atoms with Crippen molar-refractivity contribution in [1.29, 1.82) is 0 Å². The van der Waals surface area contributed by atoms with Crippen molar-refractivity contribution in [3.8, 4) is 17.2 Å². The lowest BCUT2D eigenvalue weighted by Gasteiger charge is -2.14. The van der Waals surface area contributed by atoms with Gasteiger partial charge in [0.05, 0.1) is 21.3 Å². The summed E-state index contributed by atoms with van der Waals surface area (Å²) in [6.07, 6.45) is 3.79. The number of nitrogens with one attached hydrogen (secondary N) is 2. The smallest absolute Gasteiger partial charge is 0.220 e. The van der Waals surface area contributed by atoms with Crippen LogP contribution in [0.1, 0.15) is 17.5 Å². The predicted octanol–water partition coefficient (Wildman–Crippen LogP) is 3.49. The van der Waals surface area contributed by atoms with Crippen LogP contribution in [0.5, 0.6) is 17.2 Å². The summed E-state index contributed by atoms with van der Waals surface area (Å²) in [4.78, 5) is 15.5. The zero-order chi connectivity index (χ0) is 19.9. The van der Waals surface area contributed by atoms with E-state index in [9.17, 15) is 4.79 Å². The number of carbonyl (C=O) groups is 1. The third-order valence-electron chi connectivity index (χ3n) is 4.76. The maximum Gasteiger partial charge on any atom is 0.220 e. The molecule has 0 radical (unpaired) electrons. The fraction of sp³-hybridized carbons (Fsp3) is 0.318. The second kappa shape index (κ2) is 9.17. The van der Waals surface area contributed by atoms with Crippen LogP contribution in [0.4, 0.5) is 0 Å². The number of aromatic nitrogens is 1. The Bertz CT molecular complexity index is 924. The minimum Gasteiger partial charge on any atom is -0.493 e. The molecule has 3 rings (SSSR count). The van der Waals surface area contributed by atoms with Crippen LogP contribution >= 0.6 is 0 Å². The summed E-state index contributed by atoms with van der Waals surface area (Å²) in [7, 11) is 4.73. The van der Waals surface area contributed by atoms with Crippen molar-refractivity contribution < 1.29 is 19.0 Å². The molecule has 2 N–H and O–H groups in total. The fourth-order valence-electron chi connectivity index (χ4n) is 3.30. The number of para-hydroxylation sites is 1. The van der Waals surface area contributed by atoms with E-state index >= 15 is 0 Å². The number of aromatic amines is 1. The molecule has 148 valence electrons. The topological polar surface area (TPSA) is 72.6 Å². The van der Waals surface area contributed by atoms with E-state index < -0.39 is 0 Å². The number of carbonyl (C=O) groups excluding carboxylic acids is 1. The largest absolute Gasteiger partial charge is 0.493 e. The average molecular weight is 382 g/mol. The lowest BCUT2D eigenvalue weighted by atomic mass is 10.1. The van der Waals surface area contributed by atoms with Gasteiger partial charge in [-0.25, -0.2) is 0 Å². The molecule has 28 heavy (non-hydrogen) atoms. The van der Waals surface area contributed by atoms with E-state index in [1.54, 1.807) is 21.3 Å². The van der Waals surface area contributed by atoms with Gasteiger partial charge in [-0.2, -0.15) is 0 Å². The van der Waals surface area contributed by atoms with Gasteiger partial charge in [0.2, 0.25) is 11.7 Å². The number of methoxy groups -OCH3 is 3. The van der Waals surface area contributed by atoms with Crippen molar-refractivity contribution in [2.75, 3.05) is 27.9 Å². The summed E-state index contributed by atoms with van der Waals surface area (Å²) < 4.78 is 16.0. The number of aryl methyl sites for hydroxylation is 1. The van der Waals surface area contributed by atoms with Crippen LogP contribution in [-0.4, -0.2) is 38.8 Å². The molecule has 0 saturated heterocycles. The number of fused-ring (bicyclic) bond motifs is 1. The molecular weight excluding hydrogens is 356 g/mol. The van der Waals surface area contributed by atoms with E-state index in [1.807, 2.05) is 30.5 Å². The molecule has 0 aliphatic heterocycles. The van der Waals surface area contributed by atoms with Gasteiger partial charge in [0.25, 0.3) is 0 Å². The highest BCUT2D eigenvalue weighted by molar-refractivity contribution is 5.83. The minimum atomic E-state index is 0.0218. The lowest BCUT2D eigenvalue weighted by molar-refractivity contribution is -0.121. The molecule has 0 atom stereocenters. The van der Waals surface area contributed by atoms with Gasteiger partial charge in [0.15, 0.2) is 11.5 Å². The summed E-state index contributed by atoms with van der Waals surface area (Å²) in [5.41, 5.74) is 3.29. The van der Waals surface area contributed by atoms with E-state index in [0.29, 0.717) is 36.6 Å². The highest BCUT2D eigenvalue weighted by atomic mass is 16.5. The van der Waals surface area contributed by atoms with E-state index in [2.05, 4.69) is 22.4 Å². The Morgan fingerprint density at radius 1 is 1.00 bits per heavy atom. The molecule has 0 saturated carbocycles. The number of hydrogen-bond acceptors (Lipinski definition) is 4. The lowest BCUT2D eigenvalue weighted by Crippen LogP contribution is -2.25. The van der Waals surface area contributed by atoms with Crippen LogP contribution in [0.2, 0.25) is 0 Å². The highest BCUT2D eigenvalue weighted by Gasteiger charge is 2.14. The average Bonchev–Trinajstić information content (AvgIpc) is 3.14. The van der Waals surface area contributed by atoms with Crippen LogP contribution in [-0.2, 0) is 17.6 Å².